The molecule has 1 atom stereocenters. The second-order valence-electron chi connectivity index (χ2n) is 4.51. The van der Waals surface area contributed by atoms with E-state index in [1.165, 1.54) is 5.56 Å². The highest BCUT2D eigenvalue weighted by Gasteiger charge is 2.21. The lowest BCUT2D eigenvalue weighted by Gasteiger charge is -2.26. The van der Waals surface area contributed by atoms with E-state index in [4.69, 9.17) is 9.26 Å². The van der Waals surface area contributed by atoms with Crippen molar-refractivity contribution in [3.63, 3.8) is 0 Å². The van der Waals surface area contributed by atoms with E-state index >= 15 is 0 Å². The summed E-state index contributed by atoms with van der Waals surface area (Å²) in [6, 6.07) is 0.854. The molecular weight excluding hydrogens is 204 g/mol. The highest BCUT2D eigenvalue weighted by Crippen LogP contribution is 2.22. The number of nitrogens with zero attached hydrogens (tertiary/aromatic N) is 1. The van der Waals surface area contributed by atoms with Gasteiger partial charge in [-0.15, -0.1) is 0 Å². The molecule has 1 saturated heterocycles. The summed E-state index contributed by atoms with van der Waals surface area (Å²) < 4.78 is 10.5. The van der Waals surface area contributed by atoms with E-state index < -0.39 is 0 Å². The molecule has 0 aromatic carbocycles. The van der Waals surface area contributed by atoms with E-state index in [1.54, 1.807) is 0 Å². The summed E-state index contributed by atoms with van der Waals surface area (Å²) in [4.78, 5) is 0. The van der Waals surface area contributed by atoms with E-state index in [-0.39, 0.29) is 0 Å². The molecule has 0 bridgehead atoms. The maximum Gasteiger partial charge on any atom is 0.138 e. The van der Waals surface area contributed by atoms with Crippen LogP contribution >= 0.6 is 0 Å². The molecule has 2 heterocycles. The number of hydrogen-bond donors (Lipinski definition) is 1. The van der Waals surface area contributed by atoms with Crippen LogP contribution in [-0.2, 0) is 4.74 Å². The smallest absolute Gasteiger partial charge is 0.138 e. The van der Waals surface area contributed by atoms with E-state index in [0.29, 0.717) is 12.1 Å². The summed E-state index contributed by atoms with van der Waals surface area (Å²) >= 11 is 0. The van der Waals surface area contributed by atoms with Gasteiger partial charge in [0.15, 0.2) is 0 Å². The van der Waals surface area contributed by atoms with E-state index in [1.807, 2.05) is 13.8 Å². The van der Waals surface area contributed by atoms with Crippen molar-refractivity contribution in [2.45, 2.75) is 45.7 Å². The Bertz CT molecular complexity index is 323. The molecule has 1 aromatic rings. The third kappa shape index (κ3) is 2.44. The van der Waals surface area contributed by atoms with Gasteiger partial charge in [0, 0.05) is 30.9 Å². The molecule has 1 aliphatic rings. The zero-order valence-corrected chi connectivity index (χ0v) is 10.2. The summed E-state index contributed by atoms with van der Waals surface area (Å²) in [6.07, 6.45) is 2.18. The summed E-state index contributed by atoms with van der Waals surface area (Å²) in [5.74, 6) is 0.921. The van der Waals surface area contributed by atoms with Crippen LogP contribution in [0.25, 0.3) is 0 Å². The Morgan fingerprint density at radius 3 is 2.56 bits per heavy atom. The molecule has 0 aliphatic carbocycles. The second kappa shape index (κ2) is 4.97. The molecule has 1 unspecified atom stereocenters. The van der Waals surface area contributed by atoms with Gasteiger partial charge in [-0.1, -0.05) is 5.16 Å². The van der Waals surface area contributed by atoms with Crippen LogP contribution in [-0.4, -0.2) is 24.4 Å². The van der Waals surface area contributed by atoms with Crippen molar-refractivity contribution in [2.75, 3.05) is 13.2 Å². The first-order chi connectivity index (χ1) is 7.68. The maximum absolute atomic E-state index is 5.35. The zero-order chi connectivity index (χ0) is 11.5. The van der Waals surface area contributed by atoms with Crippen LogP contribution in [0.2, 0.25) is 0 Å². The third-order valence-electron chi connectivity index (χ3n) is 3.23. The minimum absolute atomic E-state index is 0.300. The van der Waals surface area contributed by atoms with Gasteiger partial charge in [-0.2, -0.15) is 0 Å². The lowest BCUT2D eigenvalue weighted by Crippen LogP contribution is -2.36. The molecule has 16 heavy (non-hydrogen) atoms. The van der Waals surface area contributed by atoms with Gasteiger partial charge in [0.1, 0.15) is 5.76 Å². The fraction of sp³-hybridized carbons (Fsp3) is 0.750. The highest BCUT2D eigenvalue weighted by molar-refractivity contribution is 5.24. The van der Waals surface area contributed by atoms with Crippen LogP contribution in [0.4, 0.5) is 0 Å². The minimum Gasteiger partial charge on any atom is -0.381 e. The Kier molecular flexibility index (Phi) is 3.61. The summed E-state index contributed by atoms with van der Waals surface area (Å²) in [5.41, 5.74) is 2.19. The van der Waals surface area contributed by atoms with Crippen LogP contribution < -0.4 is 5.32 Å². The fourth-order valence-electron chi connectivity index (χ4n) is 2.41. The average molecular weight is 224 g/mol. The van der Waals surface area contributed by atoms with Gasteiger partial charge in [-0.05, 0) is 33.6 Å². The lowest BCUT2D eigenvalue weighted by molar-refractivity contribution is 0.0754. The minimum atomic E-state index is 0.300. The van der Waals surface area contributed by atoms with Crippen molar-refractivity contribution < 1.29 is 9.26 Å². The Morgan fingerprint density at radius 1 is 1.31 bits per heavy atom. The number of rotatable bonds is 3. The molecule has 0 spiro atoms. The van der Waals surface area contributed by atoms with Crippen molar-refractivity contribution in [1.82, 2.24) is 10.5 Å². The van der Waals surface area contributed by atoms with Crippen molar-refractivity contribution in [2.24, 2.45) is 0 Å². The highest BCUT2D eigenvalue weighted by atomic mass is 16.5. The van der Waals surface area contributed by atoms with Crippen molar-refractivity contribution in [3.8, 4) is 0 Å². The van der Waals surface area contributed by atoms with Crippen molar-refractivity contribution in [1.29, 1.82) is 0 Å². The molecule has 90 valence electrons. The molecule has 0 amide bonds. The molecule has 4 heteroatoms. The van der Waals surface area contributed by atoms with Crippen LogP contribution in [0.3, 0.4) is 0 Å². The number of aryl methyl sites for hydroxylation is 2. The van der Waals surface area contributed by atoms with Crippen LogP contribution in [0.5, 0.6) is 0 Å². The van der Waals surface area contributed by atoms with Gasteiger partial charge in [0.25, 0.3) is 0 Å². The van der Waals surface area contributed by atoms with Gasteiger partial charge in [0.2, 0.25) is 0 Å². The SMILES string of the molecule is Cc1noc(C)c1C(C)NC1CCOCC1. The summed E-state index contributed by atoms with van der Waals surface area (Å²) in [5, 5.41) is 7.61. The fourth-order valence-corrected chi connectivity index (χ4v) is 2.41. The number of aromatic nitrogens is 1. The third-order valence-corrected chi connectivity index (χ3v) is 3.23. The molecule has 1 fully saturated rings. The second-order valence-corrected chi connectivity index (χ2v) is 4.51. The van der Waals surface area contributed by atoms with Gasteiger partial charge < -0.3 is 14.6 Å². The van der Waals surface area contributed by atoms with Gasteiger partial charge in [0.05, 0.1) is 5.69 Å². The number of hydrogen-bond acceptors (Lipinski definition) is 4. The van der Waals surface area contributed by atoms with Crippen molar-refractivity contribution in [3.05, 3.63) is 17.0 Å². The first-order valence-electron chi connectivity index (χ1n) is 5.95. The molecule has 1 aromatic heterocycles. The Morgan fingerprint density at radius 2 is 2.00 bits per heavy atom. The number of ether oxygens (including phenoxy) is 1. The van der Waals surface area contributed by atoms with E-state index in [9.17, 15) is 0 Å². The summed E-state index contributed by atoms with van der Waals surface area (Å²) in [6.45, 7) is 7.87. The molecule has 2 rings (SSSR count). The molecule has 0 radical (unpaired) electrons. The Hall–Kier alpha value is -0.870. The van der Waals surface area contributed by atoms with Crippen LogP contribution in [0, 0.1) is 13.8 Å². The first-order valence-corrected chi connectivity index (χ1v) is 5.95. The largest absolute Gasteiger partial charge is 0.381 e. The van der Waals surface area contributed by atoms with Gasteiger partial charge in [-0.3, -0.25) is 0 Å². The normalized spacial score (nSPS) is 19.9. The molecule has 0 saturated carbocycles. The zero-order valence-electron chi connectivity index (χ0n) is 10.2. The topological polar surface area (TPSA) is 47.3 Å². The van der Waals surface area contributed by atoms with Gasteiger partial charge >= 0.3 is 0 Å². The monoisotopic (exact) mass is 224 g/mol. The lowest BCUT2D eigenvalue weighted by atomic mass is 10.0. The quantitative estimate of drug-likeness (QED) is 0.854. The number of nitrogens with one attached hydrogen (secondary N) is 1. The average Bonchev–Trinajstić information content (AvgIpc) is 2.60. The first kappa shape index (κ1) is 11.6. The predicted molar refractivity (Wildman–Crippen MR) is 61.4 cm³/mol. The molecular formula is C12H20N2O2. The predicted octanol–water partition coefficient (Wildman–Crippen LogP) is 2.12. The Balaban J connectivity index is 1.99. The molecule has 1 N–H and O–H groups in total. The van der Waals surface area contributed by atoms with E-state index in [0.717, 1.165) is 37.5 Å². The van der Waals surface area contributed by atoms with Crippen molar-refractivity contribution >= 4 is 0 Å². The van der Waals surface area contributed by atoms with E-state index in [2.05, 4.69) is 17.4 Å². The Labute approximate surface area is 96.3 Å². The van der Waals surface area contributed by atoms with Crippen LogP contribution in [0.15, 0.2) is 4.52 Å². The summed E-state index contributed by atoms with van der Waals surface area (Å²) in [7, 11) is 0. The standard InChI is InChI=1S/C12H20N2O2/c1-8(12-9(2)14-16-10(12)3)13-11-4-6-15-7-5-11/h8,11,13H,4-7H2,1-3H3. The molecule has 1 aliphatic heterocycles. The van der Waals surface area contributed by atoms with Gasteiger partial charge in [-0.25, -0.2) is 0 Å². The maximum atomic E-state index is 5.35. The van der Waals surface area contributed by atoms with Crippen LogP contribution in [0.1, 0.15) is 42.8 Å². The molecule has 4 nitrogen and oxygen atoms in total.